The first kappa shape index (κ1) is 41.9. The summed E-state index contributed by atoms with van der Waals surface area (Å²) >= 11 is 0. The Labute approximate surface area is 338 Å². The predicted octanol–water partition coefficient (Wildman–Crippen LogP) is 4.94. The number of rotatable bonds is 7. The second-order valence-corrected chi connectivity index (χ2v) is 18.9. The molecule has 4 aliphatic carbocycles. The van der Waals surface area contributed by atoms with Crippen molar-refractivity contribution in [2.45, 2.75) is 126 Å². The normalized spacial score (nSPS) is 15.1. The molecule has 0 saturated carbocycles. The van der Waals surface area contributed by atoms with Gasteiger partial charge < -0.3 is 10.1 Å². The van der Waals surface area contributed by atoms with Gasteiger partial charge in [0.2, 0.25) is 0 Å². The van der Waals surface area contributed by atoms with Crippen molar-refractivity contribution in [1.29, 1.82) is 15.8 Å². The van der Waals surface area contributed by atoms with Crippen LogP contribution in [0.3, 0.4) is 0 Å². The highest BCUT2D eigenvalue weighted by molar-refractivity contribution is 7.90. The van der Waals surface area contributed by atoms with E-state index in [1.54, 1.807) is 27.7 Å². The van der Waals surface area contributed by atoms with Crippen LogP contribution in [0.5, 0.6) is 5.75 Å². The Morgan fingerprint density at radius 3 is 1.53 bits per heavy atom. The van der Waals surface area contributed by atoms with Crippen LogP contribution in [0, 0.1) is 34.2 Å². The molecule has 2 aromatic carbocycles. The van der Waals surface area contributed by atoms with Gasteiger partial charge >= 0.3 is 6.03 Å². The van der Waals surface area contributed by atoms with E-state index in [2.05, 4.69) is 27.6 Å². The van der Waals surface area contributed by atoms with E-state index in [4.69, 9.17) is 20.4 Å². The van der Waals surface area contributed by atoms with Crippen LogP contribution in [-0.2, 0) is 82.5 Å². The summed E-state index contributed by atoms with van der Waals surface area (Å²) in [6.07, 6.45) is 17.4. The number of hydrogen-bond acceptors (Lipinski definition) is 11. The van der Waals surface area contributed by atoms with E-state index in [-0.39, 0.29) is 10.1 Å². The number of aryl methyl sites for hydroxylation is 4. The molecule has 0 saturated heterocycles. The Balaban J connectivity index is 0.000000164. The number of anilines is 1. The molecule has 0 atom stereocenters. The van der Waals surface area contributed by atoms with Crippen molar-refractivity contribution in [1.82, 2.24) is 24.3 Å². The first-order valence-electron chi connectivity index (χ1n) is 19.1. The van der Waals surface area contributed by atoms with E-state index in [1.807, 2.05) is 23.1 Å². The average Bonchev–Trinajstić information content (AvgIpc) is 4.02. The van der Waals surface area contributed by atoms with Crippen molar-refractivity contribution in [2.24, 2.45) is 5.14 Å². The van der Waals surface area contributed by atoms with E-state index < -0.39 is 37.2 Å². The molecule has 0 radical (unpaired) electrons. The monoisotopic (exact) mass is 826 g/mol. The summed E-state index contributed by atoms with van der Waals surface area (Å²) in [7, 11) is -7.95. The van der Waals surface area contributed by atoms with E-state index in [0.717, 1.165) is 86.8 Å². The molecule has 2 amide bonds. The zero-order valence-corrected chi connectivity index (χ0v) is 34.6. The van der Waals surface area contributed by atoms with Crippen LogP contribution in [0.2, 0.25) is 0 Å². The summed E-state index contributed by atoms with van der Waals surface area (Å²) < 4.78 is 56.7. The lowest BCUT2D eigenvalue weighted by Gasteiger charge is -2.16. The molecule has 0 fully saturated rings. The van der Waals surface area contributed by atoms with Crippen molar-refractivity contribution in [3.8, 4) is 24.1 Å². The fourth-order valence-electron chi connectivity index (χ4n) is 7.85. The molecule has 4 aromatic rings. The molecule has 16 nitrogen and oxygen atoms in total. The molecule has 58 heavy (non-hydrogen) atoms. The number of urea groups is 1. The highest BCUT2D eigenvalue weighted by Crippen LogP contribution is 2.40. The minimum Gasteiger partial charge on any atom is -0.387 e. The zero-order chi connectivity index (χ0) is 42.0. The minimum absolute atomic E-state index is 0.235. The predicted molar refractivity (Wildman–Crippen MR) is 212 cm³/mol. The summed E-state index contributed by atoms with van der Waals surface area (Å²) in [6, 6.07) is 10.4. The first-order chi connectivity index (χ1) is 27.4. The molecular weight excluding hydrogens is 781 g/mol. The van der Waals surface area contributed by atoms with Gasteiger partial charge in [0.1, 0.15) is 16.8 Å². The summed E-state index contributed by atoms with van der Waals surface area (Å²) in [5.41, 5.74) is 9.08. The summed E-state index contributed by atoms with van der Waals surface area (Å²) in [4.78, 5) is 12.6. The number of fused-ring (bicyclic) bond motifs is 4. The van der Waals surface area contributed by atoms with Crippen LogP contribution in [0.15, 0.2) is 46.7 Å². The maximum absolute atomic E-state index is 12.6. The standard InChI is InChI=1S/C20H23N5O3S.C13H13NO.C7H10N4O2S/c1-20(2,12-21)25-10-9-17(23-25)29(27,28)24-19(26)22-18-15-7-3-5-13(15)11-14-6-4-8-16(14)18;14-8-15-13-11-5-1-3-9(11)7-10-4-2-6-12(10)13;1-7(2,5-8)11-4-3-6(10-11)14(9,12)13/h9-11H,3-8H2,1-2H3,(H2,22,24,26);7H,1-6H2;3-4H,1-2H3,(H2,9,12,13). The van der Waals surface area contributed by atoms with Crippen LogP contribution in [0.25, 0.3) is 0 Å². The molecule has 0 unspecified atom stereocenters. The Morgan fingerprint density at radius 1 is 0.707 bits per heavy atom. The molecule has 2 aromatic heterocycles. The lowest BCUT2D eigenvalue weighted by molar-refractivity contribution is 0.256. The van der Waals surface area contributed by atoms with Gasteiger partial charge in [-0.25, -0.2) is 23.1 Å². The van der Waals surface area contributed by atoms with Crippen molar-refractivity contribution in [2.75, 3.05) is 5.32 Å². The van der Waals surface area contributed by atoms with Crippen molar-refractivity contribution < 1.29 is 26.4 Å². The van der Waals surface area contributed by atoms with Crippen LogP contribution in [0.1, 0.15) is 97.9 Å². The molecule has 0 spiro atoms. The van der Waals surface area contributed by atoms with Crippen molar-refractivity contribution in [3.63, 3.8) is 0 Å². The Kier molecular flexibility index (Phi) is 11.7. The topological polar surface area (TPSA) is 252 Å². The van der Waals surface area contributed by atoms with E-state index >= 15 is 0 Å². The molecular formula is C40H46N10O6S2. The highest BCUT2D eigenvalue weighted by atomic mass is 32.2. The molecule has 0 bridgehead atoms. The number of hydrogen-bond donors (Lipinski definition) is 3. The summed E-state index contributed by atoms with van der Waals surface area (Å²) in [6.45, 7) is 6.47. The number of nitrogens with zero attached hydrogens (tertiary/aromatic N) is 7. The zero-order valence-electron chi connectivity index (χ0n) is 32.9. The number of benzene rings is 2. The summed E-state index contributed by atoms with van der Waals surface area (Å²) in [5.74, 6) is 0.903. The van der Waals surface area contributed by atoms with E-state index in [0.29, 0.717) is 0 Å². The third kappa shape index (κ3) is 8.72. The number of ether oxygens (including phenoxy) is 1. The van der Waals surface area contributed by atoms with Crippen LogP contribution in [-0.4, -0.2) is 42.4 Å². The van der Waals surface area contributed by atoms with Crippen molar-refractivity contribution >= 4 is 31.8 Å². The molecule has 4 N–H and O–H groups in total. The van der Waals surface area contributed by atoms with Gasteiger partial charge in [-0.05, 0) is 161 Å². The number of carbonyl (C=O) groups is 1. The number of carbonyl (C=O) groups excluding carboxylic acids is 1. The number of nitrogens with one attached hydrogen (secondary N) is 2. The Morgan fingerprint density at radius 2 is 1.12 bits per heavy atom. The van der Waals surface area contributed by atoms with Gasteiger partial charge in [0, 0.05) is 18.1 Å². The first-order valence-corrected chi connectivity index (χ1v) is 22.1. The third-order valence-electron chi connectivity index (χ3n) is 10.9. The number of nitriles is 3. The fourth-order valence-corrected chi connectivity index (χ4v) is 9.14. The van der Waals surface area contributed by atoms with Gasteiger partial charge in [-0.2, -0.15) is 29.1 Å². The minimum atomic E-state index is -4.16. The number of amides is 2. The average molecular weight is 827 g/mol. The number of sulfonamides is 2. The molecule has 304 valence electrons. The third-order valence-corrected chi connectivity index (χ3v) is 12.9. The van der Waals surface area contributed by atoms with Crippen LogP contribution in [0.4, 0.5) is 10.5 Å². The largest absolute Gasteiger partial charge is 0.387 e. The maximum Gasteiger partial charge on any atom is 0.333 e. The number of nitrogens with two attached hydrogens (primary N) is 1. The SMILES string of the molecule is CC(C)(C#N)n1ccc(S(=O)(=O)NC(=O)Nc2c3c(cc4c2CCC4)CCC3)n1.CC(C)(C#N)n1ccc(S(N)(=O)=O)n1.N#COc1c2c(cc3c1CCC3)CCC2. The van der Waals surface area contributed by atoms with Gasteiger partial charge in [0.25, 0.3) is 26.3 Å². The van der Waals surface area contributed by atoms with Gasteiger partial charge in [-0.1, -0.05) is 12.1 Å². The van der Waals surface area contributed by atoms with Crippen molar-refractivity contribution in [3.05, 3.63) is 81.2 Å². The quantitative estimate of drug-likeness (QED) is 0.210. The second-order valence-electron chi connectivity index (χ2n) is 15.8. The lowest BCUT2D eigenvalue weighted by atomic mass is 9.99. The fraction of sp³-hybridized carbons (Fsp3) is 0.450. The Hall–Kier alpha value is -5.74. The molecule has 8 rings (SSSR count). The van der Waals surface area contributed by atoms with Crippen LogP contribution >= 0.6 is 0 Å². The number of aromatic nitrogens is 4. The smallest absolute Gasteiger partial charge is 0.333 e. The molecule has 4 aliphatic rings. The lowest BCUT2D eigenvalue weighted by Crippen LogP contribution is -2.35. The van der Waals surface area contributed by atoms with E-state index in [1.165, 1.54) is 80.1 Å². The maximum atomic E-state index is 12.6. The summed E-state index contributed by atoms with van der Waals surface area (Å²) in [5, 5.41) is 41.5. The Bertz CT molecular complexity index is 2560. The molecule has 0 aliphatic heterocycles. The van der Waals surface area contributed by atoms with Gasteiger partial charge in [0.15, 0.2) is 10.1 Å². The second kappa shape index (κ2) is 16.3. The molecule has 2 heterocycles. The van der Waals surface area contributed by atoms with Gasteiger partial charge in [0.05, 0.1) is 12.1 Å². The highest BCUT2D eigenvalue weighted by Gasteiger charge is 2.29. The van der Waals surface area contributed by atoms with Crippen LogP contribution < -0.4 is 19.9 Å². The number of primary sulfonamides is 1. The molecule has 18 heteroatoms. The van der Waals surface area contributed by atoms with Gasteiger partial charge in [-0.3, -0.25) is 9.36 Å². The van der Waals surface area contributed by atoms with Gasteiger partial charge in [-0.15, -0.1) is 5.26 Å². The van der Waals surface area contributed by atoms with E-state index in [9.17, 15) is 26.9 Å².